The van der Waals surface area contributed by atoms with Crippen LogP contribution in [0, 0.1) is 6.92 Å². The molecule has 0 heterocycles. The lowest BCUT2D eigenvalue weighted by atomic mass is 10.0. The van der Waals surface area contributed by atoms with E-state index in [9.17, 15) is 9.90 Å². The van der Waals surface area contributed by atoms with Crippen molar-refractivity contribution in [3.8, 4) is 11.1 Å². The molecule has 0 aliphatic carbocycles. The summed E-state index contributed by atoms with van der Waals surface area (Å²) in [4.78, 5) is 10.7. The maximum Gasteiger partial charge on any atom is 0.0730 e. The van der Waals surface area contributed by atoms with Crippen LogP contribution in [0.2, 0.25) is 5.02 Å². The molecule has 0 radical (unpaired) electrons. The quantitative estimate of drug-likeness (QED) is 0.816. The van der Waals surface area contributed by atoms with Gasteiger partial charge < -0.3 is 9.90 Å². The van der Waals surface area contributed by atoms with Crippen molar-refractivity contribution in [2.24, 2.45) is 0 Å². The molecule has 0 aromatic heterocycles. The first-order chi connectivity index (χ1) is 8.08. The van der Waals surface area contributed by atoms with Crippen molar-refractivity contribution >= 4 is 17.6 Å². The van der Waals surface area contributed by atoms with E-state index in [-0.39, 0.29) is 10.6 Å². The van der Waals surface area contributed by atoms with Crippen LogP contribution < -0.4 is 5.11 Å². The van der Waals surface area contributed by atoms with Gasteiger partial charge in [0.25, 0.3) is 0 Å². The van der Waals surface area contributed by atoms with Crippen LogP contribution in [0.1, 0.15) is 15.9 Å². The lowest BCUT2D eigenvalue weighted by Gasteiger charge is -2.08. The van der Waals surface area contributed by atoms with Gasteiger partial charge in [0.2, 0.25) is 0 Å². The Morgan fingerprint density at radius 1 is 1.06 bits per heavy atom. The summed E-state index contributed by atoms with van der Waals surface area (Å²) in [6, 6.07) is 12.8. The van der Waals surface area contributed by atoms with Crippen molar-refractivity contribution in [3.63, 3.8) is 0 Å². The first-order valence-electron chi connectivity index (χ1n) is 5.16. The molecule has 2 rings (SSSR count). The van der Waals surface area contributed by atoms with E-state index < -0.39 is 5.97 Å². The van der Waals surface area contributed by atoms with Crippen molar-refractivity contribution < 1.29 is 9.90 Å². The maximum atomic E-state index is 10.7. The van der Waals surface area contributed by atoms with Gasteiger partial charge in [-0.05, 0) is 24.1 Å². The Kier molecular flexibility index (Phi) is 3.16. The molecule has 2 aromatic carbocycles. The number of carbonyl (C=O) groups is 1. The third-order valence-electron chi connectivity index (χ3n) is 2.57. The Hall–Kier alpha value is -1.80. The summed E-state index contributed by atoms with van der Waals surface area (Å²) in [6.07, 6.45) is 0. The second kappa shape index (κ2) is 4.60. The molecule has 0 saturated heterocycles. The van der Waals surface area contributed by atoms with Crippen molar-refractivity contribution in [2.45, 2.75) is 6.92 Å². The van der Waals surface area contributed by atoms with Crippen LogP contribution in [0.3, 0.4) is 0 Å². The van der Waals surface area contributed by atoms with Crippen LogP contribution in [-0.2, 0) is 0 Å². The van der Waals surface area contributed by atoms with Crippen LogP contribution in [0.25, 0.3) is 11.1 Å². The lowest BCUT2D eigenvalue weighted by molar-refractivity contribution is -0.255. The summed E-state index contributed by atoms with van der Waals surface area (Å²) in [5.74, 6) is -1.26. The molecule has 0 unspecified atom stereocenters. The highest BCUT2D eigenvalue weighted by Gasteiger charge is 2.04. The van der Waals surface area contributed by atoms with Crippen molar-refractivity contribution in [2.75, 3.05) is 0 Å². The minimum Gasteiger partial charge on any atom is -0.545 e. The Labute approximate surface area is 104 Å². The van der Waals surface area contributed by atoms with Gasteiger partial charge in [-0.25, -0.2) is 0 Å². The summed E-state index contributed by atoms with van der Waals surface area (Å²) in [7, 11) is 0. The van der Waals surface area contributed by atoms with Gasteiger partial charge in [-0.15, -0.1) is 0 Å². The zero-order valence-electron chi connectivity index (χ0n) is 9.24. The van der Waals surface area contributed by atoms with E-state index in [1.807, 2.05) is 31.2 Å². The maximum absolute atomic E-state index is 10.7. The van der Waals surface area contributed by atoms with Crippen molar-refractivity contribution in [1.29, 1.82) is 0 Å². The SMILES string of the molecule is Cc1ccc(-c2ccc(C(=O)[O-])c(Cl)c2)cc1. The first-order valence-corrected chi connectivity index (χ1v) is 5.53. The monoisotopic (exact) mass is 245 g/mol. The van der Waals surface area contributed by atoms with Crippen LogP contribution in [-0.4, -0.2) is 5.97 Å². The fourth-order valence-electron chi connectivity index (χ4n) is 1.61. The number of hydrogen-bond donors (Lipinski definition) is 0. The predicted molar refractivity (Wildman–Crippen MR) is 66.0 cm³/mol. The van der Waals surface area contributed by atoms with Gasteiger partial charge in [-0.2, -0.15) is 0 Å². The lowest BCUT2D eigenvalue weighted by Crippen LogP contribution is -2.22. The Morgan fingerprint density at radius 2 is 1.65 bits per heavy atom. The number of aryl methyl sites for hydroxylation is 1. The van der Waals surface area contributed by atoms with E-state index >= 15 is 0 Å². The summed E-state index contributed by atoms with van der Waals surface area (Å²) >= 11 is 5.88. The van der Waals surface area contributed by atoms with Crippen LogP contribution >= 0.6 is 11.6 Å². The average Bonchev–Trinajstić information content (AvgIpc) is 2.29. The molecular formula is C14H10ClO2-. The highest BCUT2D eigenvalue weighted by molar-refractivity contribution is 6.33. The number of carboxylic acid groups (broad SMARTS) is 1. The number of halogens is 1. The Morgan fingerprint density at radius 3 is 2.18 bits per heavy atom. The first kappa shape index (κ1) is 11.7. The molecular weight excluding hydrogens is 236 g/mol. The van der Waals surface area contributed by atoms with Gasteiger partial charge in [0, 0.05) is 5.56 Å². The highest BCUT2D eigenvalue weighted by Crippen LogP contribution is 2.25. The van der Waals surface area contributed by atoms with Crippen molar-refractivity contribution in [1.82, 2.24) is 0 Å². The van der Waals surface area contributed by atoms with E-state index in [0.29, 0.717) is 0 Å². The fourth-order valence-corrected chi connectivity index (χ4v) is 1.86. The average molecular weight is 246 g/mol. The van der Waals surface area contributed by atoms with Crippen LogP contribution in [0.15, 0.2) is 42.5 Å². The zero-order chi connectivity index (χ0) is 12.4. The smallest absolute Gasteiger partial charge is 0.0730 e. The van der Waals surface area contributed by atoms with Gasteiger partial charge >= 0.3 is 0 Å². The Bertz CT molecular complexity index is 559. The van der Waals surface area contributed by atoms with E-state index in [2.05, 4.69) is 0 Å². The number of rotatable bonds is 2. The number of carbonyl (C=O) groups excluding carboxylic acids is 1. The number of aromatic carboxylic acids is 1. The molecule has 0 aliphatic heterocycles. The van der Waals surface area contributed by atoms with Gasteiger partial charge in [0.1, 0.15) is 0 Å². The molecule has 0 aliphatic rings. The van der Waals surface area contributed by atoms with Crippen LogP contribution in [0.5, 0.6) is 0 Å². The molecule has 86 valence electrons. The summed E-state index contributed by atoms with van der Waals surface area (Å²) in [6.45, 7) is 2.01. The van der Waals surface area contributed by atoms with Gasteiger partial charge in [-0.3, -0.25) is 0 Å². The van der Waals surface area contributed by atoms with E-state index in [4.69, 9.17) is 11.6 Å². The molecule has 2 nitrogen and oxygen atoms in total. The van der Waals surface area contributed by atoms with Crippen molar-refractivity contribution in [3.05, 3.63) is 58.6 Å². The molecule has 0 N–H and O–H groups in total. The molecule has 2 aromatic rings. The largest absolute Gasteiger partial charge is 0.545 e. The summed E-state index contributed by atoms with van der Waals surface area (Å²) < 4.78 is 0. The summed E-state index contributed by atoms with van der Waals surface area (Å²) in [5, 5.41) is 10.9. The van der Waals surface area contributed by atoms with Gasteiger partial charge in [-0.1, -0.05) is 53.6 Å². The second-order valence-corrected chi connectivity index (χ2v) is 4.26. The van der Waals surface area contributed by atoms with E-state index in [1.54, 1.807) is 12.1 Å². The minimum atomic E-state index is -1.26. The number of carboxylic acids is 1. The third-order valence-corrected chi connectivity index (χ3v) is 2.89. The predicted octanol–water partition coefficient (Wildman–Crippen LogP) is 2.68. The zero-order valence-corrected chi connectivity index (χ0v) is 9.99. The van der Waals surface area contributed by atoms with Gasteiger partial charge in [0.05, 0.1) is 11.0 Å². The van der Waals surface area contributed by atoms with Gasteiger partial charge in [0.15, 0.2) is 0 Å². The fraction of sp³-hybridized carbons (Fsp3) is 0.0714. The second-order valence-electron chi connectivity index (χ2n) is 3.85. The minimum absolute atomic E-state index is 0.0162. The molecule has 3 heteroatoms. The standard InChI is InChI=1S/C14H11ClO2/c1-9-2-4-10(5-3-9)11-6-7-12(14(16)17)13(15)8-11/h2-8H,1H3,(H,16,17)/p-1. The molecule has 0 fully saturated rings. The molecule has 0 spiro atoms. The number of hydrogen-bond acceptors (Lipinski definition) is 2. The van der Waals surface area contributed by atoms with Crippen LogP contribution in [0.4, 0.5) is 0 Å². The summed E-state index contributed by atoms with van der Waals surface area (Å²) in [5.41, 5.74) is 3.08. The number of benzene rings is 2. The third kappa shape index (κ3) is 2.48. The molecule has 17 heavy (non-hydrogen) atoms. The Balaban J connectivity index is 2.44. The molecule has 0 bridgehead atoms. The molecule has 0 amide bonds. The topological polar surface area (TPSA) is 40.1 Å². The normalized spacial score (nSPS) is 10.2. The van der Waals surface area contributed by atoms with E-state index in [0.717, 1.165) is 11.1 Å². The molecule has 0 saturated carbocycles. The van der Waals surface area contributed by atoms with E-state index in [1.165, 1.54) is 11.6 Å². The molecule has 0 atom stereocenters. The highest BCUT2D eigenvalue weighted by atomic mass is 35.5.